The Morgan fingerprint density at radius 3 is 2.61 bits per heavy atom. The summed E-state index contributed by atoms with van der Waals surface area (Å²) in [6.07, 6.45) is 5.61. The normalized spacial score (nSPS) is 13.6. The van der Waals surface area contributed by atoms with E-state index in [-0.39, 0.29) is 6.61 Å². The Balaban J connectivity index is 2.71. The molecule has 0 spiro atoms. The lowest BCUT2D eigenvalue weighted by Gasteiger charge is -2.11. The highest BCUT2D eigenvalue weighted by Crippen LogP contribution is 2.12. The van der Waals surface area contributed by atoms with Crippen LogP contribution >= 0.6 is 0 Å². The number of esters is 1. The van der Waals surface area contributed by atoms with Gasteiger partial charge in [-0.25, -0.2) is 0 Å². The van der Waals surface area contributed by atoms with Gasteiger partial charge in [0.2, 0.25) is 0 Å². The maximum Gasteiger partial charge on any atom is 0.315 e. The van der Waals surface area contributed by atoms with Crippen molar-refractivity contribution >= 4 is 12.0 Å². The summed E-state index contributed by atoms with van der Waals surface area (Å²) in [5.41, 5.74) is 1.86. The minimum Gasteiger partial charge on any atom is -0.468 e. The Bertz CT molecular complexity index is 432. The molecule has 1 rings (SSSR count). The SMILES string of the molecule is COC(=O)C(CO)/C(C)=C\C=C\c1ccccc1. The third-order valence-electron chi connectivity index (χ3n) is 2.67. The molecule has 0 saturated carbocycles. The van der Waals surface area contributed by atoms with Crippen molar-refractivity contribution in [3.05, 3.63) is 53.6 Å². The molecule has 0 aromatic heterocycles. The van der Waals surface area contributed by atoms with Crippen LogP contribution in [0.4, 0.5) is 0 Å². The highest BCUT2D eigenvalue weighted by Gasteiger charge is 2.19. The third kappa shape index (κ3) is 4.18. The van der Waals surface area contributed by atoms with E-state index in [1.807, 2.05) is 48.6 Å². The first-order valence-electron chi connectivity index (χ1n) is 5.77. The second-order valence-electron chi connectivity index (χ2n) is 3.94. The predicted octanol–water partition coefficient (Wildman–Crippen LogP) is 2.43. The van der Waals surface area contributed by atoms with E-state index in [0.717, 1.165) is 11.1 Å². The standard InChI is InChI=1S/C15H18O3/c1-12(14(11-16)15(17)18-2)7-6-10-13-8-4-3-5-9-13/h3-10,14,16H,11H2,1-2H3/b10-6+,12-7-. The van der Waals surface area contributed by atoms with Crippen molar-refractivity contribution in [2.45, 2.75) is 6.92 Å². The van der Waals surface area contributed by atoms with Crippen molar-refractivity contribution in [2.24, 2.45) is 5.92 Å². The first kappa shape index (κ1) is 14.2. The van der Waals surface area contributed by atoms with Crippen molar-refractivity contribution < 1.29 is 14.6 Å². The second kappa shape index (κ2) is 7.45. The van der Waals surface area contributed by atoms with Gasteiger partial charge in [0.25, 0.3) is 0 Å². The molecule has 3 nitrogen and oxygen atoms in total. The molecule has 3 heteroatoms. The summed E-state index contributed by atoms with van der Waals surface area (Å²) in [5, 5.41) is 9.15. The number of carbonyl (C=O) groups is 1. The number of ether oxygens (including phenoxy) is 1. The largest absolute Gasteiger partial charge is 0.468 e. The first-order chi connectivity index (χ1) is 8.69. The van der Waals surface area contributed by atoms with E-state index < -0.39 is 11.9 Å². The highest BCUT2D eigenvalue weighted by molar-refractivity contribution is 5.75. The fraction of sp³-hybridized carbons (Fsp3) is 0.267. The average molecular weight is 246 g/mol. The van der Waals surface area contributed by atoms with Gasteiger partial charge in [0.05, 0.1) is 13.7 Å². The molecule has 0 bridgehead atoms. The monoisotopic (exact) mass is 246 g/mol. The van der Waals surface area contributed by atoms with Crippen LogP contribution in [0.1, 0.15) is 12.5 Å². The Hall–Kier alpha value is -1.87. The number of hydrogen-bond donors (Lipinski definition) is 1. The van der Waals surface area contributed by atoms with E-state index in [0.29, 0.717) is 0 Å². The van der Waals surface area contributed by atoms with Gasteiger partial charge in [0.15, 0.2) is 0 Å². The van der Waals surface area contributed by atoms with Crippen molar-refractivity contribution in [3.63, 3.8) is 0 Å². The van der Waals surface area contributed by atoms with Crippen LogP contribution in [0.15, 0.2) is 48.1 Å². The molecule has 0 amide bonds. The molecule has 0 saturated heterocycles. The fourth-order valence-electron chi connectivity index (χ4n) is 1.54. The molecule has 96 valence electrons. The lowest BCUT2D eigenvalue weighted by atomic mass is 10.0. The fourth-order valence-corrected chi connectivity index (χ4v) is 1.54. The molecular weight excluding hydrogens is 228 g/mol. The zero-order valence-corrected chi connectivity index (χ0v) is 10.7. The van der Waals surface area contributed by atoms with Crippen LogP contribution < -0.4 is 0 Å². The molecule has 1 unspecified atom stereocenters. The number of hydrogen-bond acceptors (Lipinski definition) is 3. The minimum atomic E-state index is -0.588. The molecule has 0 aliphatic rings. The quantitative estimate of drug-likeness (QED) is 0.641. The van der Waals surface area contributed by atoms with Gasteiger partial charge in [0.1, 0.15) is 5.92 Å². The van der Waals surface area contributed by atoms with E-state index >= 15 is 0 Å². The average Bonchev–Trinajstić information content (AvgIpc) is 2.40. The van der Waals surface area contributed by atoms with Gasteiger partial charge in [-0.1, -0.05) is 54.1 Å². The number of aliphatic hydroxyl groups is 1. The smallest absolute Gasteiger partial charge is 0.315 e. The summed E-state index contributed by atoms with van der Waals surface area (Å²) in [6, 6.07) is 9.85. The molecule has 0 aliphatic carbocycles. The van der Waals surface area contributed by atoms with Crippen molar-refractivity contribution in [1.82, 2.24) is 0 Å². The zero-order chi connectivity index (χ0) is 13.4. The summed E-state index contributed by atoms with van der Waals surface area (Å²) >= 11 is 0. The number of carbonyl (C=O) groups excluding carboxylic acids is 1. The molecule has 0 aliphatic heterocycles. The van der Waals surface area contributed by atoms with E-state index in [9.17, 15) is 4.79 Å². The number of allylic oxidation sites excluding steroid dienone is 2. The molecule has 18 heavy (non-hydrogen) atoms. The number of benzene rings is 1. The lowest BCUT2D eigenvalue weighted by Crippen LogP contribution is -2.20. The highest BCUT2D eigenvalue weighted by atomic mass is 16.5. The summed E-state index contributed by atoms with van der Waals surface area (Å²) < 4.78 is 4.63. The molecule has 1 aromatic rings. The van der Waals surface area contributed by atoms with Crippen molar-refractivity contribution in [3.8, 4) is 0 Å². The minimum absolute atomic E-state index is 0.242. The number of methoxy groups -OCH3 is 1. The molecule has 0 heterocycles. The van der Waals surface area contributed by atoms with Gasteiger partial charge in [0, 0.05) is 0 Å². The van der Waals surface area contributed by atoms with Crippen LogP contribution in [0.25, 0.3) is 6.08 Å². The lowest BCUT2D eigenvalue weighted by molar-refractivity contribution is -0.145. The topological polar surface area (TPSA) is 46.5 Å². The number of aliphatic hydroxyl groups excluding tert-OH is 1. The molecule has 1 aromatic carbocycles. The van der Waals surface area contributed by atoms with Gasteiger partial charge >= 0.3 is 5.97 Å². The molecule has 0 fully saturated rings. The summed E-state index contributed by atoms with van der Waals surface area (Å²) in [4.78, 5) is 11.4. The van der Waals surface area contributed by atoms with Gasteiger partial charge < -0.3 is 9.84 Å². The van der Waals surface area contributed by atoms with Crippen LogP contribution in [0.3, 0.4) is 0 Å². The van der Waals surface area contributed by atoms with Crippen molar-refractivity contribution in [2.75, 3.05) is 13.7 Å². The molecule has 1 N–H and O–H groups in total. The van der Waals surface area contributed by atoms with Crippen LogP contribution in [0.2, 0.25) is 0 Å². The Labute approximate surface area is 107 Å². The van der Waals surface area contributed by atoms with Crippen LogP contribution in [0.5, 0.6) is 0 Å². The van der Waals surface area contributed by atoms with Crippen LogP contribution in [0, 0.1) is 5.92 Å². The zero-order valence-electron chi connectivity index (χ0n) is 10.7. The number of rotatable bonds is 5. The molecular formula is C15H18O3. The Morgan fingerprint density at radius 1 is 1.39 bits per heavy atom. The van der Waals surface area contributed by atoms with Gasteiger partial charge in [-0.3, -0.25) is 4.79 Å². The van der Waals surface area contributed by atoms with Gasteiger partial charge in [-0.05, 0) is 12.5 Å². The summed E-state index contributed by atoms with van der Waals surface area (Å²) in [7, 11) is 1.32. The van der Waals surface area contributed by atoms with E-state index in [2.05, 4.69) is 4.74 Å². The van der Waals surface area contributed by atoms with E-state index in [1.54, 1.807) is 6.92 Å². The third-order valence-corrected chi connectivity index (χ3v) is 2.67. The summed E-state index contributed by atoms with van der Waals surface area (Å²) in [6.45, 7) is 1.56. The maximum absolute atomic E-state index is 11.4. The molecule has 1 atom stereocenters. The second-order valence-corrected chi connectivity index (χ2v) is 3.94. The van der Waals surface area contributed by atoms with Crippen LogP contribution in [-0.2, 0) is 9.53 Å². The van der Waals surface area contributed by atoms with E-state index in [4.69, 9.17) is 5.11 Å². The van der Waals surface area contributed by atoms with E-state index in [1.165, 1.54) is 7.11 Å². The maximum atomic E-state index is 11.4. The summed E-state index contributed by atoms with van der Waals surface area (Å²) in [5.74, 6) is -1.00. The van der Waals surface area contributed by atoms with Gasteiger partial charge in [-0.2, -0.15) is 0 Å². The Morgan fingerprint density at radius 2 is 2.06 bits per heavy atom. The van der Waals surface area contributed by atoms with Crippen molar-refractivity contribution in [1.29, 1.82) is 0 Å². The Kier molecular flexibility index (Phi) is 5.88. The molecule has 0 radical (unpaired) electrons. The predicted molar refractivity (Wildman–Crippen MR) is 71.8 cm³/mol. The van der Waals surface area contributed by atoms with Gasteiger partial charge in [-0.15, -0.1) is 0 Å². The van der Waals surface area contributed by atoms with Crippen LogP contribution in [-0.4, -0.2) is 24.8 Å². The first-order valence-corrected chi connectivity index (χ1v) is 5.77.